The van der Waals surface area contributed by atoms with Gasteiger partial charge in [0, 0.05) is 23.7 Å². The second-order valence-corrected chi connectivity index (χ2v) is 10.2. The molecule has 4 aliphatic rings. The van der Waals surface area contributed by atoms with Gasteiger partial charge in [-0.05, 0) is 31.3 Å². The molecule has 15 heteroatoms. The lowest BCUT2D eigenvalue weighted by atomic mass is 9.89. The number of nitrogens with one attached hydrogen (secondary N) is 1. The Hall–Kier alpha value is -3.86. The Bertz CT molecular complexity index is 1350. The molecule has 226 valence electrons. The van der Waals surface area contributed by atoms with Crippen molar-refractivity contribution in [1.29, 1.82) is 0 Å². The maximum atomic E-state index is 12.1. The van der Waals surface area contributed by atoms with Crippen LogP contribution in [0.3, 0.4) is 0 Å². The fraction of sp³-hybridized carbons (Fsp3) is 0.481. The number of aliphatic carboxylic acids is 1. The maximum absolute atomic E-state index is 12.1. The van der Waals surface area contributed by atoms with Gasteiger partial charge in [-0.3, -0.25) is 9.59 Å². The lowest BCUT2D eigenvalue weighted by Crippen LogP contribution is -2.60. The molecule has 8 atom stereocenters. The van der Waals surface area contributed by atoms with Crippen LogP contribution in [0.5, 0.6) is 28.7 Å². The largest absolute Gasteiger partial charge is 0.492 e. The summed E-state index contributed by atoms with van der Waals surface area (Å²) in [6.45, 7) is -0.259. The van der Waals surface area contributed by atoms with Crippen molar-refractivity contribution in [3.63, 3.8) is 0 Å². The summed E-state index contributed by atoms with van der Waals surface area (Å²) in [5.74, 6) is -1.38. The summed E-state index contributed by atoms with van der Waals surface area (Å²) in [6.07, 6.45) is -8.46. The van der Waals surface area contributed by atoms with Crippen molar-refractivity contribution in [1.82, 2.24) is 5.32 Å². The van der Waals surface area contributed by atoms with E-state index in [-0.39, 0.29) is 31.1 Å². The second kappa shape index (κ2) is 11.4. The van der Waals surface area contributed by atoms with E-state index in [1.165, 1.54) is 7.05 Å². The number of carbonyl (C=O) groups excluding carboxylic acids is 1. The molecule has 5 N–H and O–H groups in total. The minimum absolute atomic E-state index is 0.112. The number of fused-ring (bicyclic) bond motifs is 6. The number of aliphatic hydroxyl groups is 3. The molecule has 4 aliphatic heterocycles. The van der Waals surface area contributed by atoms with Crippen LogP contribution in [0.4, 0.5) is 0 Å². The van der Waals surface area contributed by atoms with Crippen LogP contribution in [0.15, 0.2) is 30.3 Å². The smallest absolute Gasteiger partial charge is 0.321 e. The van der Waals surface area contributed by atoms with Gasteiger partial charge in [-0.25, -0.2) is 0 Å². The zero-order chi connectivity index (χ0) is 29.5. The summed E-state index contributed by atoms with van der Waals surface area (Å²) in [6, 6.07) is 8.55. The molecule has 0 aliphatic carbocycles. The molecule has 2 aromatic carbocycles. The highest BCUT2D eigenvalue weighted by Crippen LogP contribution is 2.54. The number of aliphatic hydroxyl groups excluding tert-OH is 3. The van der Waals surface area contributed by atoms with Gasteiger partial charge in [0.1, 0.15) is 42.5 Å². The summed E-state index contributed by atoms with van der Waals surface area (Å²) in [7, 11) is 1.47. The fourth-order valence-electron chi connectivity index (χ4n) is 5.30. The van der Waals surface area contributed by atoms with Gasteiger partial charge in [-0.2, -0.15) is 4.89 Å². The van der Waals surface area contributed by atoms with Gasteiger partial charge in [0.2, 0.25) is 6.79 Å². The molecule has 1 saturated heterocycles. The van der Waals surface area contributed by atoms with Crippen LogP contribution in [0.25, 0.3) is 0 Å². The van der Waals surface area contributed by atoms with Crippen molar-refractivity contribution < 1.29 is 68.2 Å². The van der Waals surface area contributed by atoms with Crippen molar-refractivity contribution in [3.05, 3.63) is 41.5 Å². The quantitative estimate of drug-likeness (QED) is 0.109. The fourth-order valence-corrected chi connectivity index (χ4v) is 5.30. The first kappa shape index (κ1) is 28.3. The van der Waals surface area contributed by atoms with Crippen LogP contribution >= 0.6 is 0 Å². The molecule has 0 aromatic heterocycles. The van der Waals surface area contributed by atoms with E-state index < -0.39 is 55.2 Å². The van der Waals surface area contributed by atoms with Gasteiger partial charge in [0.05, 0.1) is 12.5 Å². The summed E-state index contributed by atoms with van der Waals surface area (Å²) in [4.78, 5) is 34.0. The molecule has 6 rings (SSSR count). The summed E-state index contributed by atoms with van der Waals surface area (Å²) in [5, 5.41) is 43.3. The first-order chi connectivity index (χ1) is 20.2. The average molecular weight is 592 g/mol. The molecule has 0 radical (unpaired) electrons. The van der Waals surface area contributed by atoms with E-state index in [0.717, 1.165) is 5.56 Å². The number of ether oxygens (including phenoxy) is 6. The normalized spacial score (nSPS) is 29.3. The van der Waals surface area contributed by atoms with E-state index in [1.807, 2.05) is 6.07 Å². The third-order valence-electron chi connectivity index (χ3n) is 7.53. The third kappa shape index (κ3) is 5.14. The summed E-state index contributed by atoms with van der Waals surface area (Å²) < 4.78 is 33.4. The number of carboxylic acid groups (broad SMARTS) is 1. The first-order valence-electron chi connectivity index (χ1n) is 13.2. The Morgan fingerprint density at radius 3 is 2.55 bits per heavy atom. The molecule has 0 spiro atoms. The van der Waals surface area contributed by atoms with E-state index in [0.29, 0.717) is 35.2 Å². The molecule has 42 heavy (non-hydrogen) atoms. The highest BCUT2D eigenvalue weighted by Gasteiger charge is 2.47. The zero-order valence-corrected chi connectivity index (χ0v) is 22.2. The van der Waals surface area contributed by atoms with Crippen LogP contribution in [-0.2, 0) is 24.0 Å². The molecule has 0 saturated carbocycles. The second-order valence-electron chi connectivity index (χ2n) is 10.2. The van der Waals surface area contributed by atoms with Crippen molar-refractivity contribution in [2.45, 2.75) is 42.7 Å². The maximum Gasteiger partial charge on any atom is 0.321 e. The van der Waals surface area contributed by atoms with E-state index in [2.05, 4.69) is 5.32 Å². The predicted molar refractivity (Wildman–Crippen MR) is 135 cm³/mol. The van der Waals surface area contributed by atoms with Crippen LogP contribution in [0.2, 0.25) is 0 Å². The number of esters is 1. The van der Waals surface area contributed by atoms with Gasteiger partial charge in [0.25, 0.3) is 0 Å². The first-order valence-corrected chi connectivity index (χ1v) is 13.2. The number of rotatable bonds is 9. The van der Waals surface area contributed by atoms with Gasteiger partial charge in [-0.1, -0.05) is 0 Å². The minimum Gasteiger partial charge on any atom is -0.492 e. The molecular formula is C27H29NO14. The van der Waals surface area contributed by atoms with Crippen LogP contribution in [0.1, 0.15) is 23.1 Å². The predicted octanol–water partition coefficient (Wildman–Crippen LogP) is -0.394. The van der Waals surface area contributed by atoms with E-state index in [1.54, 1.807) is 24.3 Å². The van der Waals surface area contributed by atoms with Gasteiger partial charge >= 0.3 is 11.9 Å². The Kier molecular flexibility index (Phi) is 7.69. The number of hydrogen-bond donors (Lipinski definition) is 5. The van der Waals surface area contributed by atoms with E-state index >= 15 is 0 Å². The molecule has 0 amide bonds. The zero-order valence-electron chi connectivity index (χ0n) is 22.2. The van der Waals surface area contributed by atoms with Crippen molar-refractivity contribution in [2.24, 2.45) is 5.92 Å². The molecule has 4 heterocycles. The van der Waals surface area contributed by atoms with Crippen molar-refractivity contribution in [3.8, 4) is 28.7 Å². The Labute approximate surface area is 238 Å². The Morgan fingerprint density at radius 1 is 1.00 bits per heavy atom. The Balaban J connectivity index is 1.08. The SMILES string of the molecule is CNC[C@@H](C(=O)O)C(=O)OC[C@@H]1O[C@@H](O)[C@H](OOc2ccc3c(c2)[C@@H]2Oc4cc5c(cc4[C@H]2CO3)OCO5)[C@@H](O)[C@@H]1O. The molecule has 0 bridgehead atoms. The number of hydrogen-bond acceptors (Lipinski definition) is 14. The lowest BCUT2D eigenvalue weighted by molar-refractivity contribution is -0.365. The van der Waals surface area contributed by atoms with Gasteiger partial charge in [0.15, 0.2) is 35.6 Å². The third-order valence-corrected chi connectivity index (χ3v) is 7.53. The van der Waals surface area contributed by atoms with Crippen LogP contribution in [0, 0.1) is 5.92 Å². The number of carbonyl (C=O) groups is 2. The molecule has 1 fully saturated rings. The summed E-state index contributed by atoms with van der Waals surface area (Å²) in [5.41, 5.74) is 1.61. The standard InChI is InChI=1S/C27H29NO14/c1-28-7-14(25(31)32)26(33)36-9-20-21(29)22(30)24(27(34)40-20)42-41-11-2-3-16-13(4-11)23-15(8-35-16)12-5-18-19(38-10-37-18)6-17(12)39-23/h2-6,14-15,20-24,27-30,34H,7-10H2,1H3,(H,31,32)/t14-,15+,20-,21+,22-,23-,24+,27+/m0/s1. The summed E-state index contributed by atoms with van der Waals surface area (Å²) >= 11 is 0. The molecule has 0 unspecified atom stereocenters. The van der Waals surface area contributed by atoms with E-state index in [4.69, 9.17) is 43.3 Å². The monoisotopic (exact) mass is 591 g/mol. The highest BCUT2D eigenvalue weighted by molar-refractivity contribution is 5.94. The molecule has 15 nitrogen and oxygen atoms in total. The van der Waals surface area contributed by atoms with Crippen LogP contribution in [-0.4, -0.2) is 96.7 Å². The molecule has 2 aromatic rings. The topological polar surface area (TPSA) is 201 Å². The minimum atomic E-state index is -1.79. The average Bonchev–Trinajstić information content (AvgIpc) is 3.59. The lowest BCUT2D eigenvalue weighted by Gasteiger charge is -2.39. The highest BCUT2D eigenvalue weighted by atomic mass is 17.2. The van der Waals surface area contributed by atoms with Crippen molar-refractivity contribution >= 4 is 11.9 Å². The Morgan fingerprint density at radius 2 is 1.79 bits per heavy atom. The van der Waals surface area contributed by atoms with Crippen LogP contribution < -0.4 is 29.2 Å². The molecular weight excluding hydrogens is 562 g/mol. The van der Waals surface area contributed by atoms with Crippen molar-refractivity contribution in [2.75, 3.05) is 33.6 Å². The number of benzene rings is 2. The van der Waals surface area contributed by atoms with E-state index in [9.17, 15) is 24.9 Å². The van der Waals surface area contributed by atoms with Gasteiger partial charge in [-0.15, -0.1) is 0 Å². The number of carboxylic acids is 1. The van der Waals surface area contributed by atoms with Gasteiger partial charge < -0.3 is 59.1 Å².